The zero-order valence-electron chi connectivity index (χ0n) is 31.8. The number of amides is 3. The van der Waals surface area contributed by atoms with Gasteiger partial charge in [-0.15, -0.1) is 0 Å². The van der Waals surface area contributed by atoms with Crippen molar-refractivity contribution >= 4 is 58.4 Å². The standard InChI is InChI=1S/C44H40N4O10/c1-24(21-27-7-14-31(49)15-8-27)38(51)22-28-9-18-36(45-23-28)37(50)5-4-6-39(52)46-30-12-10-29(11-13-30)42(55)47-34-19-16-32(40(53)25(34)2)43(56)48-35-20-17-33(44(57)58)41(54)26(35)3/h7-21,23,49,53-54H,4-6,22H2,1-3H3,(H,46,52)(H,47,55)(H,48,56)(H,57,58)/b24-21+. The van der Waals surface area contributed by atoms with E-state index < -0.39 is 29.3 Å². The second-order valence-electron chi connectivity index (χ2n) is 13.5. The molecule has 0 atom stereocenters. The molecule has 0 spiro atoms. The second kappa shape index (κ2) is 18.3. The van der Waals surface area contributed by atoms with Crippen LogP contribution < -0.4 is 16.0 Å². The van der Waals surface area contributed by atoms with Crippen LogP contribution in [0.2, 0.25) is 0 Å². The Hall–Kier alpha value is -7.61. The smallest absolute Gasteiger partial charge is 0.339 e. The average molecular weight is 785 g/mol. The van der Waals surface area contributed by atoms with Gasteiger partial charge in [-0.3, -0.25) is 29.0 Å². The Morgan fingerprint density at radius 1 is 0.672 bits per heavy atom. The molecule has 14 heteroatoms. The maximum Gasteiger partial charge on any atom is 0.339 e. The maximum absolute atomic E-state index is 13.0. The van der Waals surface area contributed by atoms with Crippen molar-refractivity contribution in [3.63, 3.8) is 0 Å². The summed E-state index contributed by atoms with van der Waals surface area (Å²) in [5.74, 6) is -4.02. The number of ketones is 2. The lowest BCUT2D eigenvalue weighted by Crippen LogP contribution is -2.16. The third-order valence-electron chi connectivity index (χ3n) is 9.26. The highest BCUT2D eigenvalue weighted by atomic mass is 16.4. The van der Waals surface area contributed by atoms with E-state index in [1.54, 1.807) is 61.5 Å². The number of Topliss-reactive ketones (excluding diaryl/α,β-unsaturated/α-hetero) is 2. The van der Waals surface area contributed by atoms with Crippen molar-refractivity contribution in [2.75, 3.05) is 16.0 Å². The number of carbonyl (C=O) groups is 6. The Kier molecular flexibility index (Phi) is 13.1. The van der Waals surface area contributed by atoms with Gasteiger partial charge in [0, 0.05) is 59.2 Å². The van der Waals surface area contributed by atoms with Crippen LogP contribution in [0.3, 0.4) is 0 Å². The summed E-state index contributed by atoms with van der Waals surface area (Å²) < 4.78 is 0. The molecule has 14 nitrogen and oxygen atoms in total. The first-order valence-corrected chi connectivity index (χ1v) is 18.0. The number of nitrogens with zero attached hydrogens (tertiary/aromatic N) is 1. The van der Waals surface area contributed by atoms with Crippen molar-refractivity contribution < 1.29 is 49.2 Å². The van der Waals surface area contributed by atoms with Gasteiger partial charge in [-0.1, -0.05) is 18.2 Å². The molecule has 0 bridgehead atoms. The summed E-state index contributed by atoms with van der Waals surface area (Å²) in [5, 5.41) is 47.6. The SMILES string of the molecule is C/C(=C\c1ccc(O)cc1)C(=O)Cc1ccc(C(=O)CCCC(=O)Nc2ccc(C(=O)Nc3ccc(C(=O)Nc4ccc(C(=O)O)c(O)c4C)c(O)c3C)cc2)nc1. The molecule has 5 aromatic rings. The molecule has 3 amide bonds. The fourth-order valence-corrected chi connectivity index (χ4v) is 5.80. The van der Waals surface area contributed by atoms with E-state index in [2.05, 4.69) is 20.9 Å². The molecule has 0 fully saturated rings. The Bertz CT molecular complexity index is 2440. The van der Waals surface area contributed by atoms with Crippen molar-refractivity contribution in [2.24, 2.45) is 0 Å². The molecule has 4 aromatic carbocycles. The normalized spacial score (nSPS) is 11.1. The molecule has 0 aliphatic carbocycles. The molecule has 296 valence electrons. The van der Waals surface area contributed by atoms with Crippen molar-refractivity contribution in [2.45, 2.75) is 46.5 Å². The monoisotopic (exact) mass is 784 g/mol. The van der Waals surface area contributed by atoms with E-state index in [4.69, 9.17) is 0 Å². The van der Waals surface area contributed by atoms with Gasteiger partial charge in [-0.05, 0) is 117 Å². The second-order valence-corrected chi connectivity index (χ2v) is 13.5. The fraction of sp³-hybridized carbons (Fsp3) is 0.159. The van der Waals surface area contributed by atoms with Crippen molar-refractivity contribution in [3.8, 4) is 17.2 Å². The summed E-state index contributed by atoms with van der Waals surface area (Å²) in [7, 11) is 0. The fourth-order valence-electron chi connectivity index (χ4n) is 5.80. The van der Waals surface area contributed by atoms with Crippen LogP contribution >= 0.6 is 0 Å². The zero-order valence-corrected chi connectivity index (χ0v) is 31.8. The van der Waals surface area contributed by atoms with Crippen LogP contribution in [-0.4, -0.2) is 60.7 Å². The van der Waals surface area contributed by atoms with Gasteiger partial charge in [0.15, 0.2) is 11.6 Å². The lowest BCUT2D eigenvalue weighted by Gasteiger charge is -2.15. The number of carboxylic acids is 1. The van der Waals surface area contributed by atoms with E-state index >= 15 is 0 Å². The Morgan fingerprint density at radius 2 is 1.28 bits per heavy atom. The topological polar surface area (TPSA) is 232 Å². The van der Waals surface area contributed by atoms with Crippen LogP contribution in [-0.2, 0) is 16.0 Å². The highest BCUT2D eigenvalue weighted by Crippen LogP contribution is 2.32. The quantitative estimate of drug-likeness (QED) is 0.0413. The molecule has 5 rings (SSSR count). The van der Waals surface area contributed by atoms with Crippen molar-refractivity contribution in [1.82, 2.24) is 4.98 Å². The Balaban J connectivity index is 1.07. The number of phenols is 3. The van der Waals surface area contributed by atoms with Crippen LogP contribution in [0.4, 0.5) is 17.1 Å². The number of nitrogens with one attached hydrogen (secondary N) is 3. The molecule has 0 unspecified atom stereocenters. The number of carbonyl (C=O) groups excluding carboxylic acids is 5. The highest BCUT2D eigenvalue weighted by molar-refractivity contribution is 6.09. The van der Waals surface area contributed by atoms with E-state index in [-0.39, 0.29) is 93.8 Å². The van der Waals surface area contributed by atoms with Gasteiger partial charge < -0.3 is 36.4 Å². The predicted octanol–water partition coefficient (Wildman–Crippen LogP) is 7.22. The van der Waals surface area contributed by atoms with E-state index in [1.165, 1.54) is 50.4 Å². The lowest BCUT2D eigenvalue weighted by molar-refractivity contribution is -0.116. The van der Waals surface area contributed by atoms with E-state index in [1.807, 2.05) is 0 Å². The largest absolute Gasteiger partial charge is 0.508 e. The number of pyridine rings is 1. The molecule has 0 aliphatic rings. The van der Waals surface area contributed by atoms with Gasteiger partial charge in [-0.25, -0.2) is 4.79 Å². The summed E-state index contributed by atoms with van der Waals surface area (Å²) >= 11 is 0. The minimum atomic E-state index is -1.33. The number of benzene rings is 4. The summed E-state index contributed by atoms with van der Waals surface area (Å²) in [4.78, 5) is 79.4. The molecule has 1 heterocycles. The molecule has 7 N–H and O–H groups in total. The van der Waals surface area contributed by atoms with Gasteiger partial charge in [0.2, 0.25) is 5.91 Å². The molecule has 0 saturated heterocycles. The van der Waals surface area contributed by atoms with Gasteiger partial charge in [-0.2, -0.15) is 0 Å². The number of rotatable bonds is 15. The minimum Gasteiger partial charge on any atom is -0.508 e. The summed E-state index contributed by atoms with van der Waals surface area (Å²) in [5.41, 5.74) is 3.14. The average Bonchev–Trinajstić information content (AvgIpc) is 3.19. The Labute approximate surface area is 332 Å². The molecule has 0 aliphatic heterocycles. The van der Waals surface area contributed by atoms with Crippen molar-refractivity contribution in [3.05, 3.63) is 141 Å². The summed E-state index contributed by atoms with van der Waals surface area (Å²) in [6, 6.07) is 21.0. The molecule has 1 aromatic heterocycles. The minimum absolute atomic E-state index is 0.0586. The zero-order chi connectivity index (χ0) is 42.1. The van der Waals surface area contributed by atoms with Gasteiger partial charge in [0.1, 0.15) is 28.5 Å². The number of carboxylic acid groups (broad SMARTS) is 1. The number of aromatic hydroxyl groups is 3. The third kappa shape index (κ3) is 10.4. The number of hydrogen-bond acceptors (Lipinski definition) is 10. The highest BCUT2D eigenvalue weighted by Gasteiger charge is 2.20. The molecule has 0 saturated carbocycles. The number of allylic oxidation sites excluding steroid dienone is 1. The van der Waals surface area contributed by atoms with Gasteiger partial charge in [0.25, 0.3) is 11.8 Å². The first kappa shape index (κ1) is 41.6. The number of aromatic carboxylic acids is 1. The molecular weight excluding hydrogens is 745 g/mol. The van der Waals surface area contributed by atoms with Gasteiger partial charge in [0.05, 0.1) is 5.56 Å². The number of aromatic nitrogens is 1. The van der Waals surface area contributed by atoms with Gasteiger partial charge >= 0.3 is 5.97 Å². The first-order valence-electron chi connectivity index (χ1n) is 18.0. The summed E-state index contributed by atoms with van der Waals surface area (Å²) in [6.07, 6.45) is 3.74. The van der Waals surface area contributed by atoms with Crippen LogP contribution in [0.25, 0.3) is 6.08 Å². The number of hydrogen-bond donors (Lipinski definition) is 7. The van der Waals surface area contributed by atoms with E-state index in [0.717, 1.165) is 11.6 Å². The first-order chi connectivity index (χ1) is 27.6. The molecule has 58 heavy (non-hydrogen) atoms. The van der Waals surface area contributed by atoms with E-state index in [9.17, 15) is 49.2 Å². The van der Waals surface area contributed by atoms with Crippen molar-refractivity contribution in [1.29, 1.82) is 0 Å². The van der Waals surface area contributed by atoms with Crippen LogP contribution in [0.5, 0.6) is 17.2 Å². The van der Waals surface area contributed by atoms with Crippen LogP contribution in [0.15, 0.2) is 96.7 Å². The predicted molar refractivity (Wildman–Crippen MR) is 217 cm³/mol. The van der Waals surface area contributed by atoms with Crippen LogP contribution in [0, 0.1) is 13.8 Å². The number of phenolic OH excluding ortho intramolecular Hbond substituents is 2. The molecular formula is C44H40N4O10. The molecule has 0 radical (unpaired) electrons. The lowest BCUT2D eigenvalue weighted by atomic mass is 10.0. The van der Waals surface area contributed by atoms with Crippen LogP contribution in [0.1, 0.15) is 90.0 Å². The number of anilines is 3. The maximum atomic E-state index is 13.0. The summed E-state index contributed by atoms with van der Waals surface area (Å²) in [6.45, 7) is 4.65. The van der Waals surface area contributed by atoms with E-state index in [0.29, 0.717) is 16.8 Å². The Morgan fingerprint density at radius 3 is 1.88 bits per heavy atom. The third-order valence-corrected chi connectivity index (χ3v) is 9.26.